The fraction of sp³-hybridized carbons (Fsp3) is 0.556. The van der Waals surface area contributed by atoms with E-state index in [9.17, 15) is 19.5 Å². The van der Waals surface area contributed by atoms with Crippen LogP contribution in [-0.4, -0.2) is 81.5 Å². The summed E-state index contributed by atoms with van der Waals surface area (Å²) in [6, 6.07) is 4.86. The number of H-pyrrole nitrogens is 1. The van der Waals surface area contributed by atoms with Gasteiger partial charge in [-0.3, -0.25) is 14.5 Å². The van der Waals surface area contributed by atoms with Crippen molar-refractivity contribution >= 4 is 29.5 Å². The van der Waals surface area contributed by atoms with E-state index in [-0.39, 0.29) is 36.7 Å². The van der Waals surface area contributed by atoms with Crippen molar-refractivity contribution in [3.63, 3.8) is 0 Å². The van der Waals surface area contributed by atoms with E-state index in [1.165, 1.54) is 11.8 Å². The van der Waals surface area contributed by atoms with Crippen LogP contribution in [0.3, 0.4) is 0 Å². The highest BCUT2D eigenvalue weighted by Crippen LogP contribution is 2.30. The molecule has 11 heteroatoms. The highest BCUT2D eigenvalue weighted by atomic mass is 32.2. The number of para-hydroxylation sites is 1. The number of fused-ring (bicyclic) bond motifs is 1. The number of nitrogens with one attached hydrogen (secondary N) is 3. The molecule has 208 valence electrons. The third-order valence-corrected chi connectivity index (χ3v) is 7.48. The van der Waals surface area contributed by atoms with Gasteiger partial charge in [0, 0.05) is 43.0 Å². The summed E-state index contributed by atoms with van der Waals surface area (Å²) in [5.41, 5.74) is 2.83. The molecule has 0 saturated carbocycles. The normalized spacial score (nSPS) is 14.8. The number of benzene rings is 1. The van der Waals surface area contributed by atoms with Gasteiger partial charge in [0.05, 0.1) is 25.9 Å². The third-order valence-electron chi connectivity index (χ3n) is 6.84. The minimum Gasteiger partial charge on any atom is -0.493 e. The van der Waals surface area contributed by atoms with Gasteiger partial charge in [0.1, 0.15) is 11.8 Å². The molecule has 0 saturated heterocycles. The molecule has 38 heavy (non-hydrogen) atoms. The van der Waals surface area contributed by atoms with Gasteiger partial charge in [-0.1, -0.05) is 38.5 Å². The first-order valence-corrected chi connectivity index (χ1v) is 14.4. The fourth-order valence-corrected chi connectivity index (χ4v) is 4.98. The van der Waals surface area contributed by atoms with Crippen LogP contribution in [0, 0.1) is 5.92 Å². The number of aromatic amines is 1. The molecule has 3 atom stereocenters. The lowest BCUT2D eigenvalue weighted by Crippen LogP contribution is -2.51. The molecule has 0 spiro atoms. The van der Waals surface area contributed by atoms with Crippen LogP contribution in [0.2, 0.25) is 0 Å². The van der Waals surface area contributed by atoms with Crippen molar-refractivity contribution in [2.45, 2.75) is 58.2 Å². The second kappa shape index (κ2) is 14.8. The lowest BCUT2D eigenvalue weighted by Gasteiger charge is -2.31. The number of hydrogen-bond donors (Lipinski definition) is 4. The number of thioether (sulfide) groups is 1. The molecular formula is C27H39N5O5S. The maximum atomic E-state index is 13.1. The van der Waals surface area contributed by atoms with E-state index in [2.05, 4.69) is 34.4 Å². The number of carbonyl (C=O) groups excluding carboxylic acids is 2. The standard InChI is InChI=1S/C27H39N5O5S/c1-4-18(2)23(31-24(33)12-21-13-28-17-29-21)15-32(14-20-7-5-6-19-8-10-37-26(19)20)16-25(34)30-22(27(35)36)9-11-38-3/h5-7,13,17-18,22-23H,4,8-12,14-16H2,1-3H3,(H,28,29)(H,30,34)(H,31,33)(H,35,36)/t18-,22-,23+/m0/s1. The minimum absolute atomic E-state index is 0.00390. The SMILES string of the molecule is CC[C@H](C)[C@@H](CN(CC(=O)N[C@@H](CCSC)C(=O)O)Cc1cccc2c1OCC2)NC(=O)Cc1cnc[nH]1. The van der Waals surface area contributed by atoms with Crippen molar-refractivity contribution in [1.29, 1.82) is 0 Å². The highest BCUT2D eigenvalue weighted by molar-refractivity contribution is 7.98. The molecule has 2 heterocycles. The summed E-state index contributed by atoms with van der Waals surface area (Å²) in [5, 5.41) is 15.4. The van der Waals surface area contributed by atoms with Crippen molar-refractivity contribution in [3.8, 4) is 5.75 Å². The van der Waals surface area contributed by atoms with E-state index in [0.29, 0.717) is 31.9 Å². The largest absolute Gasteiger partial charge is 0.493 e. The molecule has 0 fully saturated rings. The van der Waals surface area contributed by atoms with Gasteiger partial charge in [-0.25, -0.2) is 9.78 Å². The molecule has 2 amide bonds. The highest BCUT2D eigenvalue weighted by Gasteiger charge is 2.27. The van der Waals surface area contributed by atoms with Crippen molar-refractivity contribution < 1.29 is 24.2 Å². The Balaban J connectivity index is 1.77. The van der Waals surface area contributed by atoms with Crippen LogP contribution in [-0.2, 0) is 33.8 Å². The second-order valence-corrected chi connectivity index (χ2v) is 10.7. The minimum atomic E-state index is -1.04. The number of carbonyl (C=O) groups is 3. The van der Waals surface area contributed by atoms with Crippen molar-refractivity contribution in [2.75, 3.05) is 31.7 Å². The second-order valence-electron chi connectivity index (χ2n) is 9.73. The van der Waals surface area contributed by atoms with Crippen LogP contribution in [0.15, 0.2) is 30.7 Å². The zero-order chi connectivity index (χ0) is 27.5. The van der Waals surface area contributed by atoms with E-state index >= 15 is 0 Å². The molecule has 0 bridgehead atoms. The average molecular weight is 546 g/mol. The van der Waals surface area contributed by atoms with E-state index in [4.69, 9.17) is 4.74 Å². The molecule has 1 aromatic heterocycles. The quantitative estimate of drug-likeness (QED) is 0.252. The summed E-state index contributed by atoms with van der Waals surface area (Å²) < 4.78 is 5.89. The Morgan fingerprint density at radius 3 is 2.76 bits per heavy atom. The van der Waals surface area contributed by atoms with Crippen LogP contribution in [0.1, 0.15) is 43.5 Å². The Labute approximate surface area is 228 Å². The molecular weight excluding hydrogens is 506 g/mol. The zero-order valence-corrected chi connectivity index (χ0v) is 23.2. The average Bonchev–Trinajstić information content (AvgIpc) is 3.58. The predicted molar refractivity (Wildman–Crippen MR) is 147 cm³/mol. The van der Waals surface area contributed by atoms with Gasteiger partial charge in [-0.05, 0) is 29.9 Å². The zero-order valence-electron chi connectivity index (χ0n) is 22.4. The monoisotopic (exact) mass is 545 g/mol. The van der Waals surface area contributed by atoms with Crippen LogP contribution in [0.25, 0.3) is 0 Å². The summed E-state index contributed by atoms with van der Waals surface area (Å²) in [7, 11) is 0. The predicted octanol–water partition coefficient (Wildman–Crippen LogP) is 2.24. The van der Waals surface area contributed by atoms with Gasteiger partial charge >= 0.3 is 5.97 Å². The number of aliphatic carboxylic acids is 1. The van der Waals surface area contributed by atoms with Crippen LogP contribution in [0.4, 0.5) is 0 Å². The molecule has 1 aliphatic heterocycles. The molecule has 0 unspecified atom stereocenters. The Morgan fingerprint density at radius 2 is 2.08 bits per heavy atom. The van der Waals surface area contributed by atoms with Crippen molar-refractivity contribution in [3.05, 3.63) is 47.5 Å². The van der Waals surface area contributed by atoms with E-state index in [1.807, 2.05) is 29.4 Å². The lowest BCUT2D eigenvalue weighted by atomic mass is 9.97. The fourth-order valence-electron chi connectivity index (χ4n) is 4.51. The van der Waals surface area contributed by atoms with E-state index < -0.39 is 12.0 Å². The Bertz CT molecular complexity index is 1060. The van der Waals surface area contributed by atoms with Gasteiger partial charge < -0.3 is 25.5 Å². The van der Waals surface area contributed by atoms with Gasteiger partial charge in [-0.15, -0.1) is 0 Å². The molecule has 1 aromatic carbocycles. The summed E-state index contributed by atoms with van der Waals surface area (Å²) >= 11 is 1.54. The molecule has 1 aliphatic rings. The van der Waals surface area contributed by atoms with E-state index in [1.54, 1.807) is 12.5 Å². The summed E-state index contributed by atoms with van der Waals surface area (Å²) in [5.74, 6) is 0.0979. The first-order valence-electron chi connectivity index (χ1n) is 13.0. The van der Waals surface area contributed by atoms with Gasteiger partial charge in [0.25, 0.3) is 0 Å². The third kappa shape index (κ3) is 8.76. The number of carboxylic acids is 1. The Hall–Kier alpha value is -3.05. The van der Waals surface area contributed by atoms with Crippen molar-refractivity contribution in [1.82, 2.24) is 25.5 Å². The number of hydrogen-bond acceptors (Lipinski definition) is 7. The smallest absolute Gasteiger partial charge is 0.326 e. The Morgan fingerprint density at radius 1 is 1.26 bits per heavy atom. The topological polar surface area (TPSA) is 137 Å². The number of carboxylic acid groups (broad SMARTS) is 1. The molecule has 0 radical (unpaired) electrons. The molecule has 10 nitrogen and oxygen atoms in total. The number of imidazole rings is 1. The lowest BCUT2D eigenvalue weighted by molar-refractivity contribution is -0.142. The maximum absolute atomic E-state index is 13.1. The van der Waals surface area contributed by atoms with Crippen LogP contribution >= 0.6 is 11.8 Å². The summed E-state index contributed by atoms with van der Waals surface area (Å²) in [6.07, 6.45) is 7.29. The molecule has 2 aromatic rings. The number of aromatic nitrogens is 2. The Kier molecular flexibility index (Phi) is 11.5. The maximum Gasteiger partial charge on any atom is 0.326 e. The number of ether oxygens (including phenoxy) is 1. The van der Waals surface area contributed by atoms with Gasteiger partial charge in [0.15, 0.2) is 0 Å². The molecule has 0 aliphatic carbocycles. The van der Waals surface area contributed by atoms with E-state index in [0.717, 1.165) is 35.4 Å². The number of rotatable bonds is 16. The molecule has 4 N–H and O–H groups in total. The van der Waals surface area contributed by atoms with Gasteiger partial charge in [-0.2, -0.15) is 11.8 Å². The first kappa shape index (κ1) is 29.5. The molecule has 3 rings (SSSR count). The van der Waals surface area contributed by atoms with Crippen LogP contribution in [0.5, 0.6) is 5.75 Å². The first-order chi connectivity index (χ1) is 18.3. The van der Waals surface area contributed by atoms with Gasteiger partial charge in [0.2, 0.25) is 11.8 Å². The summed E-state index contributed by atoms with van der Waals surface area (Å²) in [4.78, 5) is 46.5. The van der Waals surface area contributed by atoms with Crippen molar-refractivity contribution in [2.24, 2.45) is 5.92 Å². The number of nitrogens with zero attached hydrogens (tertiary/aromatic N) is 2. The number of amides is 2. The summed E-state index contributed by atoms with van der Waals surface area (Å²) in [6.45, 7) is 5.62. The van der Waals surface area contributed by atoms with Crippen LogP contribution < -0.4 is 15.4 Å².